The lowest BCUT2D eigenvalue weighted by atomic mass is 9.85. The summed E-state index contributed by atoms with van der Waals surface area (Å²) in [6.07, 6.45) is 6.80. The van der Waals surface area contributed by atoms with E-state index in [9.17, 15) is 5.11 Å². The van der Waals surface area contributed by atoms with Crippen LogP contribution in [0.5, 0.6) is 0 Å². The van der Waals surface area contributed by atoms with Gasteiger partial charge in [-0.15, -0.1) is 0 Å². The summed E-state index contributed by atoms with van der Waals surface area (Å²) in [6.45, 7) is 2.04. The van der Waals surface area contributed by atoms with E-state index in [0.717, 1.165) is 6.42 Å². The minimum atomic E-state index is -0.0382. The lowest BCUT2D eigenvalue weighted by molar-refractivity contribution is 0.0857. The summed E-state index contributed by atoms with van der Waals surface area (Å²) in [4.78, 5) is 0. The fourth-order valence-corrected chi connectivity index (χ4v) is 1.53. The van der Waals surface area contributed by atoms with Crippen molar-refractivity contribution in [3.63, 3.8) is 0 Å². The highest BCUT2D eigenvalue weighted by atomic mass is 16.3. The van der Waals surface area contributed by atoms with Gasteiger partial charge in [0.1, 0.15) is 0 Å². The smallest absolute Gasteiger partial charge is 0.0571 e. The molecule has 9 heavy (non-hydrogen) atoms. The molecule has 1 saturated carbocycles. The normalized spacial score (nSPS) is 36.7. The number of hydrogen-bond donors (Lipinski definition) is 1. The van der Waals surface area contributed by atoms with E-state index >= 15 is 0 Å². The van der Waals surface area contributed by atoms with Crippen LogP contribution in [0.25, 0.3) is 0 Å². The topological polar surface area (TPSA) is 20.2 Å². The largest absolute Gasteiger partial charge is 0.393 e. The number of aliphatic hydroxyl groups excluding tert-OH is 1. The van der Waals surface area contributed by atoms with E-state index in [1.165, 1.54) is 19.3 Å². The summed E-state index contributed by atoms with van der Waals surface area (Å²) in [5.74, 6) is 0.485. The maximum Gasteiger partial charge on any atom is 0.0571 e. The minimum absolute atomic E-state index is 0.0382. The third-order valence-electron chi connectivity index (χ3n) is 2.21. The Balaban J connectivity index is 2.30. The molecule has 1 rings (SSSR count). The Bertz CT molecular complexity index is 80.6. The van der Waals surface area contributed by atoms with Gasteiger partial charge in [-0.2, -0.15) is 0 Å². The Labute approximate surface area is 57.1 Å². The van der Waals surface area contributed by atoms with Crippen LogP contribution >= 0.6 is 0 Å². The molecule has 1 aliphatic carbocycles. The zero-order valence-corrected chi connectivity index (χ0v) is 6.01. The molecular weight excluding hydrogens is 112 g/mol. The van der Waals surface area contributed by atoms with E-state index in [2.05, 4.69) is 6.42 Å². The first-order chi connectivity index (χ1) is 4.34. The van der Waals surface area contributed by atoms with Gasteiger partial charge in [0.15, 0.2) is 0 Å². The van der Waals surface area contributed by atoms with Crippen molar-refractivity contribution in [1.82, 2.24) is 0 Å². The molecule has 0 aliphatic heterocycles. The fourth-order valence-electron chi connectivity index (χ4n) is 1.53. The second-order valence-electron chi connectivity index (χ2n) is 2.85. The Kier molecular flexibility index (Phi) is 2.52. The highest BCUT2D eigenvalue weighted by molar-refractivity contribution is 4.81. The maximum atomic E-state index is 9.34. The van der Waals surface area contributed by atoms with Gasteiger partial charge in [-0.1, -0.05) is 19.8 Å². The molecule has 1 N–H and O–H groups in total. The molecule has 2 atom stereocenters. The molecule has 1 aliphatic rings. The van der Waals surface area contributed by atoms with E-state index in [0.29, 0.717) is 5.92 Å². The van der Waals surface area contributed by atoms with Gasteiger partial charge in [0.05, 0.1) is 6.10 Å². The van der Waals surface area contributed by atoms with Crippen molar-refractivity contribution in [2.24, 2.45) is 5.92 Å². The van der Waals surface area contributed by atoms with Gasteiger partial charge in [-0.3, -0.25) is 0 Å². The average molecular weight is 127 g/mol. The van der Waals surface area contributed by atoms with Crippen LogP contribution in [0.2, 0.25) is 0 Å². The maximum absolute atomic E-state index is 9.34. The predicted molar refractivity (Wildman–Crippen MR) is 37.9 cm³/mol. The standard InChI is InChI=1S/C8H15O/c1-2-7-5-3-4-6-8(7)9/h2,7-9H,3-6H2,1H3. The average Bonchev–Trinajstić information content (AvgIpc) is 1.89. The van der Waals surface area contributed by atoms with Gasteiger partial charge in [0, 0.05) is 0 Å². The quantitative estimate of drug-likeness (QED) is 0.569. The lowest BCUT2D eigenvalue weighted by Crippen LogP contribution is -2.23. The number of rotatable bonds is 1. The van der Waals surface area contributed by atoms with Crippen LogP contribution in [0.1, 0.15) is 32.6 Å². The summed E-state index contributed by atoms with van der Waals surface area (Å²) >= 11 is 0. The molecule has 53 valence electrons. The van der Waals surface area contributed by atoms with Gasteiger partial charge in [0.25, 0.3) is 0 Å². The number of aliphatic hydroxyl groups is 1. The van der Waals surface area contributed by atoms with Crippen LogP contribution in [0, 0.1) is 12.3 Å². The van der Waals surface area contributed by atoms with Gasteiger partial charge in [0.2, 0.25) is 0 Å². The van der Waals surface area contributed by atoms with Gasteiger partial charge in [-0.05, 0) is 25.2 Å². The molecule has 0 amide bonds. The summed E-state index contributed by atoms with van der Waals surface area (Å²) in [6, 6.07) is 0. The van der Waals surface area contributed by atoms with E-state index < -0.39 is 0 Å². The van der Waals surface area contributed by atoms with Crippen molar-refractivity contribution >= 4 is 0 Å². The van der Waals surface area contributed by atoms with Crippen molar-refractivity contribution in [1.29, 1.82) is 0 Å². The van der Waals surface area contributed by atoms with Crippen molar-refractivity contribution in [2.75, 3.05) is 0 Å². The summed E-state index contributed by atoms with van der Waals surface area (Å²) in [5, 5.41) is 9.34. The molecule has 0 saturated heterocycles. The Hall–Kier alpha value is -0.0400. The van der Waals surface area contributed by atoms with Crippen LogP contribution in [-0.4, -0.2) is 11.2 Å². The number of hydrogen-bond acceptors (Lipinski definition) is 1. The van der Waals surface area contributed by atoms with Crippen LogP contribution < -0.4 is 0 Å². The van der Waals surface area contributed by atoms with Gasteiger partial charge < -0.3 is 5.11 Å². The third-order valence-corrected chi connectivity index (χ3v) is 2.21. The van der Waals surface area contributed by atoms with E-state index in [-0.39, 0.29) is 6.10 Å². The Morgan fingerprint density at radius 2 is 2.00 bits per heavy atom. The lowest BCUT2D eigenvalue weighted by Gasteiger charge is -2.25. The summed E-state index contributed by atoms with van der Waals surface area (Å²) in [7, 11) is 0. The van der Waals surface area contributed by atoms with Crippen LogP contribution in [0.4, 0.5) is 0 Å². The van der Waals surface area contributed by atoms with Gasteiger partial charge >= 0.3 is 0 Å². The highest BCUT2D eigenvalue weighted by Gasteiger charge is 2.20. The fraction of sp³-hybridized carbons (Fsp3) is 0.875. The molecule has 1 fully saturated rings. The molecule has 0 bridgehead atoms. The second kappa shape index (κ2) is 3.21. The van der Waals surface area contributed by atoms with Crippen molar-refractivity contribution in [3.8, 4) is 0 Å². The van der Waals surface area contributed by atoms with E-state index in [1.54, 1.807) is 0 Å². The van der Waals surface area contributed by atoms with Crippen molar-refractivity contribution < 1.29 is 5.11 Å². The summed E-state index contributed by atoms with van der Waals surface area (Å²) < 4.78 is 0. The van der Waals surface area contributed by atoms with E-state index in [1.807, 2.05) is 6.92 Å². The molecule has 1 heteroatoms. The molecular formula is C8H15O. The van der Waals surface area contributed by atoms with Gasteiger partial charge in [-0.25, -0.2) is 0 Å². The van der Waals surface area contributed by atoms with Crippen molar-refractivity contribution in [2.45, 2.75) is 38.7 Å². The molecule has 0 aromatic rings. The molecule has 0 heterocycles. The Morgan fingerprint density at radius 1 is 1.33 bits per heavy atom. The molecule has 0 aromatic carbocycles. The monoisotopic (exact) mass is 127 g/mol. The first-order valence-corrected chi connectivity index (χ1v) is 3.82. The zero-order valence-electron chi connectivity index (χ0n) is 6.01. The zero-order chi connectivity index (χ0) is 6.69. The van der Waals surface area contributed by atoms with Crippen LogP contribution in [0.3, 0.4) is 0 Å². The highest BCUT2D eigenvalue weighted by Crippen LogP contribution is 2.25. The van der Waals surface area contributed by atoms with E-state index in [4.69, 9.17) is 0 Å². The first-order valence-electron chi connectivity index (χ1n) is 3.82. The third kappa shape index (κ3) is 1.68. The van der Waals surface area contributed by atoms with Crippen molar-refractivity contribution in [3.05, 3.63) is 6.42 Å². The summed E-state index contributed by atoms with van der Waals surface area (Å²) in [5.41, 5.74) is 0. The van der Waals surface area contributed by atoms with Crippen LogP contribution in [0.15, 0.2) is 0 Å². The molecule has 1 radical (unpaired) electrons. The predicted octanol–water partition coefficient (Wildman–Crippen LogP) is 1.76. The molecule has 1 nitrogen and oxygen atoms in total. The Morgan fingerprint density at radius 3 is 2.44 bits per heavy atom. The van der Waals surface area contributed by atoms with Crippen LogP contribution in [-0.2, 0) is 0 Å². The SMILES string of the molecule is C[CH]C1CCCCC1O. The first kappa shape index (κ1) is 7.07. The second-order valence-corrected chi connectivity index (χ2v) is 2.85. The minimum Gasteiger partial charge on any atom is -0.393 e. The molecule has 0 aromatic heterocycles. The molecule has 0 spiro atoms. The molecule has 2 unspecified atom stereocenters.